The first-order valence-electron chi connectivity index (χ1n) is 17.2. The zero-order valence-corrected chi connectivity index (χ0v) is 31.0. The molecule has 8 rings (SSSR count). The zero-order chi connectivity index (χ0) is 41.4. The fraction of sp³-hybridized carbons (Fsp3) is 0.0952. The quantitative estimate of drug-likeness (QED) is 0.191. The van der Waals surface area contributed by atoms with Crippen molar-refractivity contribution in [1.29, 1.82) is 0 Å². The van der Waals surface area contributed by atoms with Crippen LogP contribution < -0.4 is 22.5 Å². The fourth-order valence-corrected chi connectivity index (χ4v) is 6.18. The van der Waals surface area contributed by atoms with Crippen LogP contribution in [0.4, 0.5) is 17.6 Å². The molecule has 0 N–H and O–H groups in total. The lowest BCUT2D eigenvalue weighted by molar-refractivity contribution is 0.557. The third-order valence-corrected chi connectivity index (χ3v) is 8.91. The van der Waals surface area contributed by atoms with Crippen LogP contribution in [0, 0.1) is 47.0 Å². The van der Waals surface area contributed by atoms with Gasteiger partial charge in [-0.2, -0.15) is 10.2 Å². The maximum atomic E-state index is 14.8. The summed E-state index contributed by atoms with van der Waals surface area (Å²) in [6.45, 7) is 0. The van der Waals surface area contributed by atoms with E-state index in [4.69, 9.17) is 0 Å². The molecule has 4 aromatic heterocycles. The maximum Gasteiger partial charge on any atom is 0.337 e. The van der Waals surface area contributed by atoms with E-state index in [9.17, 15) is 36.7 Å². The molecule has 0 radical (unpaired) electrons. The highest BCUT2D eigenvalue weighted by Crippen LogP contribution is 2.20. The third-order valence-electron chi connectivity index (χ3n) is 8.91. The average molecular weight is 785 g/mol. The molecule has 0 aliphatic rings. The van der Waals surface area contributed by atoms with E-state index in [0.29, 0.717) is 20.3 Å². The molecule has 0 aliphatic heterocycles. The van der Waals surface area contributed by atoms with E-state index in [1.807, 2.05) is 12.1 Å². The van der Waals surface area contributed by atoms with Crippen LogP contribution in [-0.2, 0) is 28.2 Å². The van der Waals surface area contributed by atoms with Crippen LogP contribution in [0.3, 0.4) is 0 Å². The Morgan fingerprint density at radius 1 is 0.534 bits per heavy atom. The molecular weight excluding hydrogens is 757 g/mol. The minimum atomic E-state index is -1.06. The molecule has 0 fully saturated rings. The number of hydrogen-bond acceptors (Lipinski definition) is 6. The van der Waals surface area contributed by atoms with E-state index < -0.39 is 57.1 Å². The Kier molecular flexibility index (Phi) is 10.1. The number of aryl methyl sites for hydroxylation is 4. The SMILES string of the molecule is Cn1cc2c(=O)n(-c3c(F)cc(C#Cc4ccccc4)cc3F)c(=O)n(C)c2n1.Cn1ncc2c(=O)n(-c3c(F)cc(C#Cc4ccccc4)cc3F)c(=O)n(C)c21. The summed E-state index contributed by atoms with van der Waals surface area (Å²) in [7, 11) is 5.92. The minimum Gasteiger partial charge on any atom is -0.280 e. The van der Waals surface area contributed by atoms with Crippen molar-refractivity contribution in [2.45, 2.75) is 0 Å². The Morgan fingerprint density at radius 2 is 0.948 bits per heavy atom. The Morgan fingerprint density at radius 3 is 1.41 bits per heavy atom. The van der Waals surface area contributed by atoms with Crippen LogP contribution in [0.2, 0.25) is 0 Å². The van der Waals surface area contributed by atoms with Gasteiger partial charge in [-0.3, -0.25) is 28.1 Å². The highest BCUT2D eigenvalue weighted by Gasteiger charge is 2.23. The summed E-state index contributed by atoms with van der Waals surface area (Å²) in [4.78, 5) is 50.8. The number of benzene rings is 4. The highest BCUT2D eigenvalue weighted by atomic mass is 19.1. The van der Waals surface area contributed by atoms with Crippen molar-refractivity contribution in [2.24, 2.45) is 28.2 Å². The van der Waals surface area contributed by atoms with E-state index in [1.54, 1.807) is 62.6 Å². The van der Waals surface area contributed by atoms with Crippen molar-refractivity contribution >= 4 is 22.1 Å². The van der Waals surface area contributed by atoms with Crippen LogP contribution in [0.1, 0.15) is 22.3 Å². The van der Waals surface area contributed by atoms with E-state index >= 15 is 0 Å². The Hall–Kier alpha value is -7.98. The van der Waals surface area contributed by atoms with Gasteiger partial charge in [0.25, 0.3) is 11.1 Å². The molecule has 0 bridgehead atoms. The number of hydrogen-bond donors (Lipinski definition) is 0. The Balaban J connectivity index is 0.000000177. The second-order valence-electron chi connectivity index (χ2n) is 12.8. The molecule has 0 amide bonds. The summed E-state index contributed by atoms with van der Waals surface area (Å²) in [6, 6.07) is 21.9. The monoisotopic (exact) mass is 784 g/mol. The van der Waals surface area contributed by atoms with Crippen molar-refractivity contribution in [3.63, 3.8) is 0 Å². The normalized spacial score (nSPS) is 10.8. The van der Waals surface area contributed by atoms with E-state index in [1.165, 1.54) is 35.9 Å². The van der Waals surface area contributed by atoms with Gasteiger partial charge in [0.15, 0.2) is 28.9 Å². The minimum absolute atomic E-state index is 0.0707. The lowest BCUT2D eigenvalue weighted by atomic mass is 10.1. The highest BCUT2D eigenvalue weighted by molar-refractivity contribution is 5.74. The number of nitrogens with zero attached hydrogens (tertiary/aromatic N) is 8. The number of aromatic nitrogens is 8. The maximum absolute atomic E-state index is 14.8. The van der Waals surface area contributed by atoms with Gasteiger partial charge >= 0.3 is 11.4 Å². The van der Waals surface area contributed by atoms with Gasteiger partial charge in [-0.1, -0.05) is 60.1 Å². The molecule has 288 valence electrons. The molecule has 58 heavy (non-hydrogen) atoms. The second kappa shape index (κ2) is 15.3. The van der Waals surface area contributed by atoms with Crippen molar-refractivity contribution in [3.8, 4) is 35.1 Å². The molecule has 4 aromatic carbocycles. The lowest BCUT2D eigenvalue weighted by Gasteiger charge is -2.11. The zero-order valence-electron chi connectivity index (χ0n) is 31.0. The molecule has 12 nitrogen and oxygen atoms in total. The molecular formula is C42H28F4N8O4. The first-order chi connectivity index (χ1) is 27.7. The van der Waals surface area contributed by atoms with Gasteiger partial charge in [0.05, 0.1) is 6.20 Å². The number of halogens is 4. The Bertz CT molecular complexity index is 3140. The first kappa shape index (κ1) is 38.3. The predicted molar refractivity (Wildman–Crippen MR) is 208 cm³/mol. The van der Waals surface area contributed by atoms with Gasteiger partial charge < -0.3 is 0 Å². The van der Waals surface area contributed by atoms with Crippen molar-refractivity contribution in [2.75, 3.05) is 0 Å². The van der Waals surface area contributed by atoms with Gasteiger partial charge in [0.1, 0.15) is 27.8 Å². The lowest BCUT2D eigenvalue weighted by Crippen LogP contribution is -2.39. The predicted octanol–water partition coefficient (Wildman–Crippen LogP) is 4.20. The van der Waals surface area contributed by atoms with Gasteiger partial charge in [-0.15, -0.1) is 0 Å². The number of fused-ring (bicyclic) bond motifs is 2. The van der Waals surface area contributed by atoms with Crippen LogP contribution in [0.25, 0.3) is 33.4 Å². The summed E-state index contributed by atoms with van der Waals surface area (Å²) < 4.78 is 65.0. The van der Waals surface area contributed by atoms with Gasteiger partial charge in [-0.25, -0.2) is 36.3 Å². The standard InChI is InChI=1S/2C21H14F2N4O2/c1-25-12-15-19(24-25)26(2)21(29)27(20(15)28)18-16(22)10-14(11-17(18)23)9-8-13-6-4-3-5-7-13;1-25-19-15(12-24-26(19)2)20(28)27(21(25)29)18-16(22)10-14(11-17(18)23)9-8-13-6-4-3-5-7-13/h2*3-7,10-12H,1-2H3. The summed E-state index contributed by atoms with van der Waals surface area (Å²) in [5.41, 5.74) is -3.05. The first-order valence-corrected chi connectivity index (χ1v) is 17.2. The second-order valence-corrected chi connectivity index (χ2v) is 12.8. The van der Waals surface area contributed by atoms with Crippen molar-refractivity contribution in [1.82, 2.24) is 37.8 Å². The topological polar surface area (TPSA) is 124 Å². The van der Waals surface area contributed by atoms with E-state index in [2.05, 4.69) is 33.9 Å². The molecule has 0 saturated carbocycles. The molecule has 4 heterocycles. The average Bonchev–Trinajstić information content (AvgIpc) is 3.80. The Labute approximate surface area is 324 Å². The molecule has 0 spiro atoms. The summed E-state index contributed by atoms with van der Waals surface area (Å²) in [5, 5.41) is 8.13. The molecule has 0 aliphatic carbocycles. The van der Waals surface area contributed by atoms with E-state index in [-0.39, 0.29) is 33.2 Å². The van der Waals surface area contributed by atoms with Crippen LogP contribution >= 0.6 is 0 Å². The van der Waals surface area contributed by atoms with Crippen molar-refractivity contribution in [3.05, 3.63) is 185 Å². The largest absolute Gasteiger partial charge is 0.337 e. The molecule has 0 atom stereocenters. The summed E-state index contributed by atoms with van der Waals surface area (Å²) in [6.07, 6.45) is 2.65. The smallest absolute Gasteiger partial charge is 0.280 e. The van der Waals surface area contributed by atoms with Gasteiger partial charge in [-0.05, 0) is 48.5 Å². The van der Waals surface area contributed by atoms with Crippen molar-refractivity contribution < 1.29 is 17.6 Å². The fourth-order valence-electron chi connectivity index (χ4n) is 6.18. The van der Waals surface area contributed by atoms with Gasteiger partial charge in [0, 0.05) is 56.6 Å². The van der Waals surface area contributed by atoms with Gasteiger partial charge in [0.2, 0.25) is 0 Å². The van der Waals surface area contributed by atoms with E-state index in [0.717, 1.165) is 33.4 Å². The molecule has 0 saturated heterocycles. The van der Waals surface area contributed by atoms with Crippen LogP contribution in [-0.4, -0.2) is 37.8 Å². The summed E-state index contributed by atoms with van der Waals surface area (Å²) >= 11 is 0. The molecule has 16 heteroatoms. The third kappa shape index (κ3) is 7.02. The van der Waals surface area contributed by atoms with Crippen LogP contribution in [0.5, 0.6) is 0 Å². The summed E-state index contributed by atoms with van der Waals surface area (Å²) in [5.74, 6) is 6.71. The van der Waals surface area contributed by atoms with Crippen LogP contribution in [0.15, 0.2) is 117 Å². The number of rotatable bonds is 2. The molecule has 0 unspecified atom stereocenters. The molecule has 8 aromatic rings.